The van der Waals surface area contributed by atoms with Crippen molar-refractivity contribution in [2.75, 3.05) is 32.1 Å². The van der Waals surface area contributed by atoms with Gasteiger partial charge in [-0.05, 0) is 32.9 Å². The highest BCUT2D eigenvalue weighted by Crippen LogP contribution is 2.34. The Morgan fingerprint density at radius 3 is 2.79 bits per heavy atom. The van der Waals surface area contributed by atoms with E-state index in [9.17, 15) is 0 Å². The molecule has 106 valence electrons. The first-order chi connectivity index (χ1) is 9.00. The molecule has 0 bridgehead atoms. The van der Waals surface area contributed by atoms with E-state index in [4.69, 9.17) is 11.6 Å². The molecule has 2 heterocycles. The van der Waals surface area contributed by atoms with Crippen molar-refractivity contribution in [1.29, 1.82) is 0 Å². The van der Waals surface area contributed by atoms with Crippen LogP contribution in [0.3, 0.4) is 0 Å². The minimum Gasteiger partial charge on any atom is -0.352 e. The molecule has 2 rings (SSSR count). The van der Waals surface area contributed by atoms with Crippen molar-refractivity contribution in [3.8, 4) is 0 Å². The van der Waals surface area contributed by atoms with Crippen LogP contribution in [0.25, 0.3) is 0 Å². The molecule has 0 spiro atoms. The molecule has 1 aliphatic rings. The molecule has 0 aliphatic carbocycles. The Kier molecular flexibility index (Phi) is 4.63. The molecule has 5 heteroatoms. The molecule has 1 atom stereocenters. The summed E-state index contributed by atoms with van der Waals surface area (Å²) in [6.07, 6.45) is 4.02. The summed E-state index contributed by atoms with van der Waals surface area (Å²) in [5.41, 5.74) is 1.08. The average Bonchev–Trinajstić information content (AvgIpc) is 2.75. The van der Waals surface area contributed by atoms with Crippen molar-refractivity contribution in [3.05, 3.63) is 17.0 Å². The number of likely N-dealkylation sites (N-methyl/N-ethyl adjacent to an activating group) is 1. The summed E-state index contributed by atoms with van der Waals surface area (Å²) in [5, 5.41) is 0.593. The number of halogens is 1. The maximum Gasteiger partial charge on any atom is 0.138 e. The maximum absolute atomic E-state index is 6.27. The Hall–Kier alpha value is -0.870. The van der Waals surface area contributed by atoms with Crippen LogP contribution in [0, 0.1) is 0 Å². The lowest BCUT2D eigenvalue weighted by Crippen LogP contribution is -2.38. The van der Waals surface area contributed by atoms with E-state index in [1.54, 1.807) is 6.33 Å². The van der Waals surface area contributed by atoms with Crippen molar-refractivity contribution in [2.45, 2.75) is 38.6 Å². The van der Waals surface area contributed by atoms with Crippen molar-refractivity contribution in [2.24, 2.45) is 0 Å². The van der Waals surface area contributed by atoms with Crippen molar-refractivity contribution in [3.63, 3.8) is 0 Å². The van der Waals surface area contributed by atoms with Crippen LogP contribution in [0.4, 0.5) is 5.82 Å². The molecule has 0 radical (unpaired) electrons. The summed E-state index contributed by atoms with van der Waals surface area (Å²) < 4.78 is 0. The maximum atomic E-state index is 6.27. The number of nitrogens with zero attached hydrogens (tertiary/aromatic N) is 4. The van der Waals surface area contributed by atoms with Crippen LogP contribution in [-0.2, 0) is 0 Å². The van der Waals surface area contributed by atoms with Crippen molar-refractivity contribution in [1.82, 2.24) is 14.9 Å². The first-order valence-corrected chi connectivity index (χ1v) is 7.30. The van der Waals surface area contributed by atoms with E-state index in [1.807, 2.05) is 0 Å². The summed E-state index contributed by atoms with van der Waals surface area (Å²) in [7, 11) is 4.24. The monoisotopic (exact) mass is 282 g/mol. The molecule has 1 aliphatic heterocycles. The number of rotatable bonds is 4. The molecule has 4 nitrogen and oxygen atoms in total. The highest BCUT2D eigenvalue weighted by molar-refractivity contribution is 6.30. The average molecular weight is 283 g/mol. The zero-order valence-electron chi connectivity index (χ0n) is 12.2. The van der Waals surface area contributed by atoms with E-state index in [0.717, 1.165) is 24.5 Å². The van der Waals surface area contributed by atoms with E-state index >= 15 is 0 Å². The topological polar surface area (TPSA) is 32.3 Å². The van der Waals surface area contributed by atoms with E-state index in [1.165, 1.54) is 12.8 Å². The Balaban J connectivity index is 2.32. The Bertz CT molecular complexity index is 433. The standard InChI is InChI=1S/C14H23ClN4/c1-10(2)12-13(15)16-9-17-14(12)19-7-5-6-11(19)8-18(3)4/h9-11H,5-8H2,1-4H3. The van der Waals surface area contributed by atoms with Gasteiger partial charge in [0.25, 0.3) is 0 Å². The number of anilines is 1. The third kappa shape index (κ3) is 3.18. The van der Waals surface area contributed by atoms with Gasteiger partial charge in [-0.1, -0.05) is 25.4 Å². The summed E-state index contributed by atoms with van der Waals surface area (Å²) >= 11 is 6.27. The lowest BCUT2D eigenvalue weighted by molar-refractivity contribution is 0.371. The van der Waals surface area contributed by atoms with E-state index in [-0.39, 0.29) is 0 Å². The first kappa shape index (κ1) is 14.5. The second kappa shape index (κ2) is 6.06. The number of hydrogen-bond donors (Lipinski definition) is 0. The largest absolute Gasteiger partial charge is 0.352 e. The van der Waals surface area contributed by atoms with Gasteiger partial charge in [-0.15, -0.1) is 0 Å². The fourth-order valence-corrected chi connectivity index (χ4v) is 3.16. The Morgan fingerprint density at radius 1 is 1.42 bits per heavy atom. The SMILES string of the molecule is CC(C)c1c(Cl)ncnc1N1CCCC1CN(C)C. The van der Waals surface area contributed by atoms with Gasteiger partial charge in [0.2, 0.25) is 0 Å². The fraction of sp³-hybridized carbons (Fsp3) is 0.714. The molecule has 1 fully saturated rings. The first-order valence-electron chi connectivity index (χ1n) is 6.92. The number of aromatic nitrogens is 2. The number of hydrogen-bond acceptors (Lipinski definition) is 4. The van der Waals surface area contributed by atoms with Crippen LogP contribution in [0.5, 0.6) is 0 Å². The third-order valence-electron chi connectivity index (χ3n) is 3.62. The molecule has 0 aromatic carbocycles. The molecule has 1 aromatic heterocycles. The van der Waals surface area contributed by atoms with Crippen molar-refractivity contribution < 1.29 is 0 Å². The van der Waals surface area contributed by atoms with E-state index in [0.29, 0.717) is 17.1 Å². The minimum absolute atomic E-state index is 0.337. The highest BCUT2D eigenvalue weighted by Gasteiger charge is 2.29. The molecule has 0 N–H and O–H groups in total. The van der Waals surface area contributed by atoms with Crippen molar-refractivity contribution >= 4 is 17.4 Å². The molecule has 19 heavy (non-hydrogen) atoms. The second-order valence-electron chi connectivity index (χ2n) is 5.81. The lowest BCUT2D eigenvalue weighted by atomic mass is 10.1. The van der Waals surface area contributed by atoms with Gasteiger partial charge in [0.1, 0.15) is 17.3 Å². The molecular weight excluding hydrogens is 260 g/mol. The minimum atomic E-state index is 0.337. The lowest BCUT2D eigenvalue weighted by Gasteiger charge is -2.30. The van der Waals surface area contributed by atoms with Gasteiger partial charge in [0.15, 0.2) is 0 Å². The van der Waals surface area contributed by atoms with Crippen LogP contribution < -0.4 is 4.90 Å². The molecule has 0 saturated carbocycles. The van der Waals surface area contributed by atoms with E-state index in [2.05, 4.69) is 47.7 Å². The zero-order valence-corrected chi connectivity index (χ0v) is 13.0. The highest BCUT2D eigenvalue weighted by atomic mass is 35.5. The molecule has 1 saturated heterocycles. The van der Waals surface area contributed by atoms with Crippen LogP contribution >= 0.6 is 11.6 Å². The second-order valence-corrected chi connectivity index (χ2v) is 6.17. The molecule has 1 unspecified atom stereocenters. The summed E-state index contributed by atoms with van der Waals surface area (Å²) in [6.45, 7) is 6.40. The van der Waals surface area contributed by atoms with Crippen LogP contribution in [-0.4, -0.2) is 48.1 Å². The summed E-state index contributed by atoms with van der Waals surface area (Å²) in [5.74, 6) is 1.36. The van der Waals surface area contributed by atoms with Gasteiger partial charge < -0.3 is 9.80 Å². The predicted octanol–water partition coefficient (Wildman–Crippen LogP) is 2.78. The summed E-state index contributed by atoms with van der Waals surface area (Å²) in [6, 6.07) is 0.526. The van der Waals surface area contributed by atoms with Crippen LogP contribution in [0.2, 0.25) is 5.15 Å². The third-order valence-corrected chi connectivity index (χ3v) is 3.92. The van der Waals surface area contributed by atoms with E-state index < -0.39 is 0 Å². The quantitative estimate of drug-likeness (QED) is 0.795. The Morgan fingerprint density at radius 2 is 2.16 bits per heavy atom. The molecular formula is C14H23ClN4. The zero-order chi connectivity index (χ0) is 14.0. The van der Waals surface area contributed by atoms with Crippen LogP contribution in [0.15, 0.2) is 6.33 Å². The van der Waals surface area contributed by atoms with Gasteiger partial charge in [0, 0.05) is 24.7 Å². The van der Waals surface area contributed by atoms with Gasteiger partial charge in [-0.3, -0.25) is 0 Å². The van der Waals surface area contributed by atoms with Gasteiger partial charge >= 0.3 is 0 Å². The Labute approximate surface area is 120 Å². The molecule has 1 aromatic rings. The molecule has 0 amide bonds. The van der Waals surface area contributed by atoms with Gasteiger partial charge in [0.05, 0.1) is 0 Å². The van der Waals surface area contributed by atoms with Gasteiger partial charge in [-0.25, -0.2) is 9.97 Å². The normalized spacial score (nSPS) is 19.7. The smallest absolute Gasteiger partial charge is 0.138 e. The summed E-state index contributed by atoms with van der Waals surface area (Å²) in [4.78, 5) is 13.3. The van der Waals surface area contributed by atoms with Gasteiger partial charge in [-0.2, -0.15) is 0 Å². The fourth-order valence-electron chi connectivity index (χ4n) is 2.82. The van der Waals surface area contributed by atoms with Crippen LogP contribution in [0.1, 0.15) is 38.2 Å². The predicted molar refractivity (Wildman–Crippen MR) is 80.1 cm³/mol.